The van der Waals surface area contributed by atoms with Crippen LogP contribution in [0.5, 0.6) is 0 Å². The third-order valence-corrected chi connectivity index (χ3v) is 5.68. The fourth-order valence-corrected chi connectivity index (χ4v) is 3.99. The highest BCUT2D eigenvalue weighted by molar-refractivity contribution is 7.89. The molecule has 1 aromatic heterocycles. The van der Waals surface area contributed by atoms with E-state index in [0.717, 1.165) is 12.1 Å². The second-order valence-electron chi connectivity index (χ2n) is 6.04. The standard InChI is InChI=1S/C17H20F2N2O4S/c1-12-2-4-16(25-12)15(21-6-8-24-9-7-21)11-20-26(22,23)17-5-3-13(18)10-14(17)19/h2-5,10,15,20H,6-9,11H2,1H3. The molecule has 3 rings (SSSR count). The zero-order chi connectivity index (χ0) is 18.7. The summed E-state index contributed by atoms with van der Waals surface area (Å²) in [6.07, 6.45) is 0. The van der Waals surface area contributed by atoms with Crippen LogP contribution in [-0.2, 0) is 14.8 Å². The molecule has 142 valence electrons. The maximum atomic E-state index is 13.8. The molecule has 2 heterocycles. The van der Waals surface area contributed by atoms with Gasteiger partial charge >= 0.3 is 0 Å². The van der Waals surface area contributed by atoms with Crippen molar-refractivity contribution in [1.82, 2.24) is 9.62 Å². The zero-order valence-corrected chi connectivity index (χ0v) is 15.1. The van der Waals surface area contributed by atoms with Crippen molar-refractivity contribution >= 4 is 10.0 Å². The molecule has 1 N–H and O–H groups in total. The molecule has 1 fully saturated rings. The van der Waals surface area contributed by atoms with Gasteiger partial charge in [0.2, 0.25) is 10.0 Å². The lowest BCUT2D eigenvalue weighted by Crippen LogP contribution is -2.43. The van der Waals surface area contributed by atoms with Crippen molar-refractivity contribution in [3.63, 3.8) is 0 Å². The number of nitrogens with zero attached hydrogens (tertiary/aromatic N) is 1. The Labute approximate surface area is 150 Å². The Morgan fingerprint density at radius 1 is 1.19 bits per heavy atom. The van der Waals surface area contributed by atoms with E-state index in [1.54, 1.807) is 19.1 Å². The van der Waals surface area contributed by atoms with Gasteiger partial charge in [-0.25, -0.2) is 21.9 Å². The fourth-order valence-electron chi connectivity index (χ4n) is 2.89. The maximum Gasteiger partial charge on any atom is 0.243 e. The van der Waals surface area contributed by atoms with Gasteiger partial charge in [-0.05, 0) is 31.2 Å². The topological polar surface area (TPSA) is 71.8 Å². The molecule has 0 bridgehead atoms. The van der Waals surface area contributed by atoms with Crippen LogP contribution in [0.3, 0.4) is 0 Å². The van der Waals surface area contributed by atoms with Crippen molar-refractivity contribution in [2.24, 2.45) is 0 Å². The zero-order valence-electron chi connectivity index (χ0n) is 14.2. The number of nitrogens with one attached hydrogen (secondary N) is 1. The van der Waals surface area contributed by atoms with Crippen LogP contribution in [0.25, 0.3) is 0 Å². The van der Waals surface area contributed by atoms with Crippen LogP contribution in [0.15, 0.2) is 39.6 Å². The molecule has 1 aliphatic rings. The predicted molar refractivity (Wildman–Crippen MR) is 90.1 cm³/mol. The van der Waals surface area contributed by atoms with E-state index < -0.39 is 26.6 Å². The van der Waals surface area contributed by atoms with E-state index in [9.17, 15) is 17.2 Å². The van der Waals surface area contributed by atoms with E-state index in [1.165, 1.54) is 0 Å². The minimum atomic E-state index is -4.13. The number of aryl methyl sites for hydroxylation is 1. The van der Waals surface area contributed by atoms with Crippen molar-refractivity contribution in [3.05, 3.63) is 53.5 Å². The quantitative estimate of drug-likeness (QED) is 0.824. The Bertz CT molecular complexity index is 863. The van der Waals surface area contributed by atoms with Crippen molar-refractivity contribution in [1.29, 1.82) is 0 Å². The first-order chi connectivity index (χ1) is 12.4. The van der Waals surface area contributed by atoms with Gasteiger partial charge in [-0.2, -0.15) is 0 Å². The lowest BCUT2D eigenvalue weighted by Gasteiger charge is -2.33. The molecule has 0 radical (unpaired) electrons. The van der Waals surface area contributed by atoms with Gasteiger partial charge in [0.05, 0.1) is 19.3 Å². The minimum Gasteiger partial charge on any atom is -0.465 e. The number of furan rings is 1. The number of rotatable bonds is 6. The summed E-state index contributed by atoms with van der Waals surface area (Å²) in [6.45, 7) is 4.11. The molecule has 2 aromatic rings. The van der Waals surface area contributed by atoms with Crippen molar-refractivity contribution in [2.45, 2.75) is 17.9 Å². The summed E-state index contributed by atoms with van der Waals surface area (Å²) in [6, 6.07) is 5.61. The van der Waals surface area contributed by atoms with Crippen molar-refractivity contribution in [3.8, 4) is 0 Å². The number of halogens is 2. The number of benzene rings is 1. The van der Waals surface area contributed by atoms with Gasteiger partial charge in [0.15, 0.2) is 0 Å². The third kappa shape index (κ3) is 4.29. The summed E-state index contributed by atoms with van der Waals surface area (Å²) in [5.41, 5.74) is 0. The normalized spacial score (nSPS) is 17.3. The Kier molecular flexibility index (Phi) is 5.71. The van der Waals surface area contributed by atoms with Crippen LogP contribution in [0, 0.1) is 18.6 Å². The van der Waals surface area contributed by atoms with Gasteiger partial charge in [0.1, 0.15) is 28.1 Å². The van der Waals surface area contributed by atoms with Crippen LogP contribution in [0.1, 0.15) is 17.6 Å². The number of hydrogen-bond donors (Lipinski definition) is 1. The third-order valence-electron chi connectivity index (χ3n) is 4.23. The summed E-state index contributed by atoms with van der Waals surface area (Å²) >= 11 is 0. The Morgan fingerprint density at radius 2 is 1.92 bits per heavy atom. The number of sulfonamides is 1. The molecule has 26 heavy (non-hydrogen) atoms. The van der Waals surface area contributed by atoms with E-state index in [1.807, 2.05) is 4.90 Å². The number of hydrogen-bond acceptors (Lipinski definition) is 5. The van der Waals surface area contributed by atoms with Gasteiger partial charge in [-0.15, -0.1) is 0 Å². The lowest BCUT2D eigenvalue weighted by atomic mass is 10.2. The van der Waals surface area contributed by atoms with Gasteiger partial charge < -0.3 is 9.15 Å². The average Bonchev–Trinajstić information content (AvgIpc) is 3.02. The van der Waals surface area contributed by atoms with E-state index in [2.05, 4.69) is 4.72 Å². The molecule has 1 unspecified atom stereocenters. The summed E-state index contributed by atoms with van der Waals surface area (Å²) in [7, 11) is -4.13. The molecular weight excluding hydrogens is 366 g/mol. The molecule has 1 aromatic carbocycles. The average molecular weight is 386 g/mol. The summed E-state index contributed by atoms with van der Waals surface area (Å²) in [5, 5.41) is 0. The summed E-state index contributed by atoms with van der Waals surface area (Å²) in [4.78, 5) is 1.46. The second-order valence-corrected chi connectivity index (χ2v) is 7.77. The first kappa shape index (κ1) is 19.0. The molecule has 9 heteroatoms. The van der Waals surface area contributed by atoms with Gasteiger partial charge in [0.25, 0.3) is 0 Å². The number of morpholine rings is 1. The molecule has 1 aliphatic heterocycles. The van der Waals surface area contributed by atoms with E-state index in [4.69, 9.17) is 9.15 Å². The minimum absolute atomic E-state index is 0.00783. The molecule has 1 atom stereocenters. The van der Waals surface area contributed by atoms with Gasteiger partial charge in [0, 0.05) is 25.7 Å². The first-order valence-corrected chi connectivity index (χ1v) is 9.68. The largest absolute Gasteiger partial charge is 0.465 e. The van der Waals surface area contributed by atoms with Crippen LogP contribution in [0.2, 0.25) is 0 Å². The second kappa shape index (κ2) is 7.83. The highest BCUT2D eigenvalue weighted by Crippen LogP contribution is 2.24. The van der Waals surface area contributed by atoms with E-state index in [0.29, 0.717) is 43.9 Å². The molecule has 0 spiro atoms. The van der Waals surface area contributed by atoms with Crippen LogP contribution < -0.4 is 4.72 Å². The summed E-state index contributed by atoms with van der Waals surface area (Å²) < 4.78 is 65.2. The molecule has 6 nitrogen and oxygen atoms in total. The first-order valence-electron chi connectivity index (χ1n) is 8.19. The predicted octanol–water partition coefficient (Wildman–Crippen LogP) is 2.22. The molecular formula is C17H20F2N2O4S. The van der Waals surface area contributed by atoms with Crippen molar-refractivity contribution in [2.75, 3.05) is 32.8 Å². The van der Waals surface area contributed by atoms with E-state index >= 15 is 0 Å². The Hall–Kier alpha value is -1.81. The Balaban J connectivity index is 1.80. The molecule has 1 saturated heterocycles. The van der Waals surface area contributed by atoms with Gasteiger partial charge in [-0.3, -0.25) is 4.90 Å². The lowest BCUT2D eigenvalue weighted by molar-refractivity contribution is 0.0127. The molecule has 0 aliphatic carbocycles. The monoisotopic (exact) mass is 386 g/mol. The van der Waals surface area contributed by atoms with Gasteiger partial charge in [-0.1, -0.05) is 0 Å². The smallest absolute Gasteiger partial charge is 0.243 e. The maximum absolute atomic E-state index is 13.8. The van der Waals surface area contributed by atoms with Crippen LogP contribution >= 0.6 is 0 Å². The van der Waals surface area contributed by atoms with Crippen LogP contribution in [0.4, 0.5) is 8.78 Å². The van der Waals surface area contributed by atoms with Crippen LogP contribution in [-0.4, -0.2) is 46.2 Å². The Morgan fingerprint density at radius 3 is 2.54 bits per heavy atom. The summed E-state index contributed by atoms with van der Waals surface area (Å²) in [5.74, 6) is -0.634. The van der Waals surface area contributed by atoms with E-state index in [-0.39, 0.29) is 12.6 Å². The number of ether oxygens (including phenoxy) is 1. The fraction of sp³-hybridized carbons (Fsp3) is 0.412. The highest BCUT2D eigenvalue weighted by atomic mass is 32.2. The van der Waals surface area contributed by atoms with Crippen molar-refractivity contribution < 1.29 is 26.4 Å². The molecule has 0 amide bonds. The molecule has 0 saturated carbocycles. The SMILES string of the molecule is Cc1ccc(C(CNS(=O)(=O)c2ccc(F)cc2F)N2CCOCC2)o1. The highest BCUT2D eigenvalue weighted by Gasteiger charge is 2.28.